The number of rotatable bonds is 0. The Morgan fingerprint density at radius 2 is 1.69 bits per heavy atom. The fraction of sp³-hybridized carbons (Fsp3) is 0.400. The molecule has 0 amide bonds. The van der Waals surface area contributed by atoms with Crippen LogP contribution in [0.5, 0.6) is 11.5 Å². The molecule has 0 fully saturated rings. The van der Waals surface area contributed by atoms with Crippen LogP contribution in [0, 0.1) is 0 Å². The van der Waals surface area contributed by atoms with Crippen LogP contribution in [0.1, 0.15) is 26.3 Å². The van der Waals surface area contributed by atoms with Gasteiger partial charge in [-0.05, 0) is 39.0 Å². The van der Waals surface area contributed by atoms with Crippen molar-refractivity contribution in [3.8, 4) is 11.5 Å². The topological polar surface area (TPSA) is 40.5 Å². The third-order valence-corrected chi connectivity index (χ3v) is 2.51. The zero-order valence-electron chi connectivity index (χ0n) is 7.93. The molecular formula is C10H13BrO2. The second-order valence-corrected chi connectivity index (χ2v) is 4.93. The van der Waals surface area contributed by atoms with Gasteiger partial charge >= 0.3 is 0 Å². The standard InChI is InChI=1S/C10H13BrO2/c1-10(2,3)6-4-7(11)9(13)8(12)5-6/h4-5,12-13H,1-3H3. The first-order chi connectivity index (χ1) is 5.82. The Hall–Kier alpha value is -0.700. The summed E-state index contributed by atoms with van der Waals surface area (Å²) in [6.07, 6.45) is 0. The first-order valence-corrected chi connectivity index (χ1v) is 4.83. The fourth-order valence-electron chi connectivity index (χ4n) is 1.02. The highest BCUT2D eigenvalue weighted by Crippen LogP contribution is 2.37. The summed E-state index contributed by atoms with van der Waals surface area (Å²) >= 11 is 3.18. The lowest BCUT2D eigenvalue weighted by Gasteiger charge is -2.19. The Morgan fingerprint density at radius 1 is 1.15 bits per heavy atom. The molecule has 0 heterocycles. The first kappa shape index (κ1) is 10.4. The van der Waals surface area contributed by atoms with Crippen LogP contribution >= 0.6 is 15.9 Å². The molecule has 0 aliphatic carbocycles. The van der Waals surface area contributed by atoms with Crippen LogP contribution in [0.25, 0.3) is 0 Å². The summed E-state index contributed by atoms with van der Waals surface area (Å²) in [6.45, 7) is 6.14. The molecule has 0 aliphatic heterocycles. The lowest BCUT2D eigenvalue weighted by Crippen LogP contribution is -2.10. The van der Waals surface area contributed by atoms with Gasteiger partial charge in [0.05, 0.1) is 4.47 Å². The summed E-state index contributed by atoms with van der Waals surface area (Å²) in [6, 6.07) is 3.40. The van der Waals surface area contributed by atoms with E-state index in [0.717, 1.165) is 5.56 Å². The zero-order chi connectivity index (χ0) is 10.2. The van der Waals surface area contributed by atoms with Crippen molar-refractivity contribution < 1.29 is 10.2 Å². The SMILES string of the molecule is CC(C)(C)c1cc(O)c(O)c(Br)c1. The summed E-state index contributed by atoms with van der Waals surface area (Å²) in [5, 5.41) is 18.7. The molecule has 0 saturated carbocycles. The van der Waals surface area contributed by atoms with Crippen LogP contribution < -0.4 is 0 Å². The highest BCUT2D eigenvalue weighted by molar-refractivity contribution is 9.10. The quantitative estimate of drug-likeness (QED) is 0.689. The van der Waals surface area contributed by atoms with Crippen molar-refractivity contribution in [2.45, 2.75) is 26.2 Å². The molecule has 13 heavy (non-hydrogen) atoms. The minimum atomic E-state index is -0.104. The molecule has 0 aromatic heterocycles. The van der Waals surface area contributed by atoms with Gasteiger partial charge in [0.15, 0.2) is 11.5 Å². The van der Waals surface area contributed by atoms with Gasteiger partial charge in [0, 0.05) is 0 Å². The van der Waals surface area contributed by atoms with Crippen molar-refractivity contribution in [1.82, 2.24) is 0 Å². The average molecular weight is 245 g/mol. The van der Waals surface area contributed by atoms with E-state index in [1.165, 1.54) is 0 Å². The summed E-state index contributed by atoms with van der Waals surface area (Å²) in [7, 11) is 0. The smallest absolute Gasteiger partial charge is 0.171 e. The molecule has 0 atom stereocenters. The Morgan fingerprint density at radius 3 is 2.08 bits per heavy atom. The highest BCUT2D eigenvalue weighted by atomic mass is 79.9. The fourth-order valence-corrected chi connectivity index (χ4v) is 1.47. The molecule has 0 radical (unpaired) electrons. The van der Waals surface area contributed by atoms with E-state index in [-0.39, 0.29) is 16.9 Å². The van der Waals surface area contributed by atoms with Crippen molar-refractivity contribution in [2.75, 3.05) is 0 Å². The van der Waals surface area contributed by atoms with Gasteiger partial charge in [-0.2, -0.15) is 0 Å². The maximum absolute atomic E-state index is 9.36. The maximum atomic E-state index is 9.36. The highest BCUT2D eigenvalue weighted by Gasteiger charge is 2.17. The molecule has 0 saturated heterocycles. The molecule has 3 heteroatoms. The Balaban J connectivity index is 3.29. The summed E-state index contributed by atoms with van der Waals surface area (Å²) in [4.78, 5) is 0. The average Bonchev–Trinajstić information content (AvgIpc) is 1.97. The van der Waals surface area contributed by atoms with Gasteiger partial charge in [-0.1, -0.05) is 20.8 Å². The van der Waals surface area contributed by atoms with Gasteiger partial charge in [0.1, 0.15) is 0 Å². The maximum Gasteiger partial charge on any atom is 0.171 e. The van der Waals surface area contributed by atoms with E-state index in [2.05, 4.69) is 15.9 Å². The molecule has 0 spiro atoms. The van der Waals surface area contributed by atoms with Crippen LogP contribution in [0.2, 0.25) is 0 Å². The van der Waals surface area contributed by atoms with Gasteiger partial charge in [-0.25, -0.2) is 0 Å². The van der Waals surface area contributed by atoms with Gasteiger partial charge < -0.3 is 10.2 Å². The minimum absolute atomic E-state index is 0.0340. The number of phenols is 2. The molecule has 1 aromatic carbocycles. The van der Waals surface area contributed by atoms with E-state index in [9.17, 15) is 10.2 Å². The molecule has 0 aliphatic rings. The number of hydrogen-bond acceptors (Lipinski definition) is 2. The number of halogens is 1. The largest absolute Gasteiger partial charge is 0.504 e. The summed E-state index contributed by atoms with van der Waals surface area (Å²) < 4.78 is 0.525. The predicted octanol–water partition coefficient (Wildman–Crippen LogP) is 3.16. The third-order valence-electron chi connectivity index (χ3n) is 1.91. The van der Waals surface area contributed by atoms with Gasteiger partial charge in [0.25, 0.3) is 0 Å². The van der Waals surface area contributed by atoms with Crippen LogP contribution in [0.15, 0.2) is 16.6 Å². The van der Waals surface area contributed by atoms with E-state index >= 15 is 0 Å². The lowest BCUT2D eigenvalue weighted by molar-refractivity contribution is 0.399. The molecule has 72 valence electrons. The molecule has 0 bridgehead atoms. The Labute approximate surface area is 86.3 Å². The first-order valence-electron chi connectivity index (χ1n) is 4.04. The van der Waals surface area contributed by atoms with Crippen molar-refractivity contribution in [1.29, 1.82) is 0 Å². The van der Waals surface area contributed by atoms with Gasteiger partial charge in [0.2, 0.25) is 0 Å². The zero-order valence-corrected chi connectivity index (χ0v) is 9.51. The molecule has 2 nitrogen and oxygen atoms in total. The minimum Gasteiger partial charge on any atom is -0.504 e. The van der Waals surface area contributed by atoms with E-state index in [1.807, 2.05) is 26.8 Å². The summed E-state index contributed by atoms with van der Waals surface area (Å²) in [5.74, 6) is -0.188. The second-order valence-electron chi connectivity index (χ2n) is 4.08. The Kier molecular flexibility index (Phi) is 2.57. The second kappa shape index (κ2) is 3.22. The summed E-state index contributed by atoms with van der Waals surface area (Å²) in [5.41, 5.74) is 0.947. The van der Waals surface area contributed by atoms with E-state index in [4.69, 9.17) is 0 Å². The molecule has 0 unspecified atom stereocenters. The molecule has 2 N–H and O–H groups in total. The normalized spacial score (nSPS) is 11.7. The van der Waals surface area contributed by atoms with E-state index in [1.54, 1.807) is 6.07 Å². The van der Waals surface area contributed by atoms with Crippen LogP contribution in [0.4, 0.5) is 0 Å². The van der Waals surface area contributed by atoms with E-state index in [0.29, 0.717) is 4.47 Å². The van der Waals surface area contributed by atoms with Gasteiger partial charge in [-0.15, -0.1) is 0 Å². The lowest BCUT2D eigenvalue weighted by atomic mass is 9.87. The number of benzene rings is 1. The van der Waals surface area contributed by atoms with Crippen LogP contribution in [0.3, 0.4) is 0 Å². The molecular weight excluding hydrogens is 232 g/mol. The predicted molar refractivity (Wildman–Crippen MR) is 56.2 cm³/mol. The Bertz CT molecular complexity index is 303. The monoisotopic (exact) mass is 244 g/mol. The van der Waals surface area contributed by atoms with Crippen LogP contribution in [-0.4, -0.2) is 10.2 Å². The molecule has 1 aromatic rings. The van der Waals surface area contributed by atoms with E-state index < -0.39 is 0 Å². The van der Waals surface area contributed by atoms with Crippen LogP contribution in [-0.2, 0) is 5.41 Å². The number of aromatic hydroxyl groups is 2. The number of hydrogen-bond donors (Lipinski definition) is 2. The number of phenolic OH excluding ortho intramolecular Hbond substituents is 2. The molecule has 1 rings (SSSR count). The third kappa shape index (κ3) is 2.15. The van der Waals surface area contributed by atoms with Crippen molar-refractivity contribution >= 4 is 15.9 Å². The van der Waals surface area contributed by atoms with Crippen molar-refractivity contribution in [2.24, 2.45) is 0 Å². The van der Waals surface area contributed by atoms with Gasteiger partial charge in [-0.3, -0.25) is 0 Å². The van der Waals surface area contributed by atoms with Crippen molar-refractivity contribution in [3.63, 3.8) is 0 Å². The van der Waals surface area contributed by atoms with Crippen molar-refractivity contribution in [3.05, 3.63) is 22.2 Å².